The molecule has 0 amide bonds. The molecule has 3 aromatic rings. The van der Waals surface area contributed by atoms with Gasteiger partial charge in [0.15, 0.2) is 5.82 Å². The Morgan fingerprint density at radius 1 is 1.17 bits per heavy atom. The molecule has 3 rings (SSSR count). The second kappa shape index (κ2) is 9.47. The number of thioether (sulfide) groups is 1. The molecule has 0 saturated heterocycles. The third-order valence-electron chi connectivity index (χ3n) is 3.92. The van der Waals surface area contributed by atoms with E-state index in [1.807, 2.05) is 0 Å². The van der Waals surface area contributed by atoms with Crippen molar-refractivity contribution in [1.29, 1.82) is 0 Å². The molecule has 0 saturated carbocycles. The number of carboxylic acids is 1. The van der Waals surface area contributed by atoms with Gasteiger partial charge in [0.25, 0.3) is 0 Å². The molecule has 8 nitrogen and oxygen atoms in total. The van der Waals surface area contributed by atoms with Crippen LogP contribution in [-0.2, 0) is 9.53 Å². The highest BCUT2D eigenvalue weighted by atomic mass is 35.5. The third kappa shape index (κ3) is 5.00. The van der Waals surface area contributed by atoms with Crippen molar-refractivity contribution >= 4 is 41.4 Å². The van der Waals surface area contributed by atoms with Gasteiger partial charge in [-0.25, -0.2) is 14.6 Å². The van der Waals surface area contributed by atoms with Crippen molar-refractivity contribution in [3.63, 3.8) is 0 Å². The number of hydrogen-bond acceptors (Lipinski definition) is 7. The van der Waals surface area contributed by atoms with E-state index in [4.69, 9.17) is 16.3 Å². The number of ether oxygens (including phenoxy) is 2. The van der Waals surface area contributed by atoms with Crippen molar-refractivity contribution in [1.82, 2.24) is 15.2 Å². The second-order valence-corrected chi connectivity index (χ2v) is 7.29. The molecule has 30 heavy (non-hydrogen) atoms. The van der Waals surface area contributed by atoms with Crippen molar-refractivity contribution in [2.24, 2.45) is 0 Å². The molecule has 2 aromatic carbocycles. The molecule has 0 atom stereocenters. The lowest BCUT2D eigenvalue weighted by Gasteiger charge is -2.05. The van der Waals surface area contributed by atoms with Crippen molar-refractivity contribution in [2.45, 2.75) is 5.16 Å². The summed E-state index contributed by atoms with van der Waals surface area (Å²) in [4.78, 5) is 27.5. The van der Waals surface area contributed by atoms with Crippen molar-refractivity contribution in [3.05, 3.63) is 63.5 Å². The summed E-state index contributed by atoms with van der Waals surface area (Å²) in [6.45, 7) is 0. The smallest absolute Gasteiger partial charge is 0.342 e. The Morgan fingerprint density at radius 3 is 2.53 bits per heavy atom. The van der Waals surface area contributed by atoms with Gasteiger partial charge in [-0.3, -0.25) is 5.10 Å². The molecule has 10 heteroatoms. The van der Waals surface area contributed by atoms with Gasteiger partial charge in [-0.1, -0.05) is 23.7 Å². The summed E-state index contributed by atoms with van der Waals surface area (Å²) >= 11 is 6.93. The highest BCUT2D eigenvalue weighted by Gasteiger charge is 2.16. The van der Waals surface area contributed by atoms with Crippen LogP contribution in [0.25, 0.3) is 17.5 Å². The van der Waals surface area contributed by atoms with E-state index in [1.165, 1.54) is 20.3 Å². The lowest BCUT2D eigenvalue weighted by molar-refractivity contribution is -0.131. The van der Waals surface area contributed by atoms with Gasteiger partial charge in [0.1, 0.15) is 10.7 Å². The van der Waals surface area contributed by atoms with Crippen LogP contribution in [0.2, 0.25) is 5.02 Å². The van der Waals surface area contributed by atoms with E-state index < -0.39 is 11.9 Å². The number of H-pyrrole nitrogens is 1. The minimum Gasteiger partial charge on any atom is -0.496 e. The van der Waals surface area contributed by atoms with Crippen molar-refractivity contribution < 1.29 is 24.2 Å². The molecule has 0 aliphatic rings. The normalized spacial score (nSPS) is 11.2. The van der Waals surface area contributed by atoms with Crippen LogP contribution in [0.3, 0.4) is 0 Å². The van der Waals surface area contributed by atoms with Gasteiger partial charge in [-0.05, 0) is 53.7 Å². The Hall–Kier alpha value is -3.30. The summed E-state index contributed by atoms with van der Waals surface area (Å²) in [5.74, 6) is -0.664. The minimum absolute atomic E-state index is 0.00410. The largest absolute Gasteiger partial charge is 0.496 e. The lowest BCUT2D eigenvalue weighted by Crippen LogP contribution is -2.00. The number of esters is 1. The van der Waals surface area contributed by atoms with E-state index in [0.717, 1.165) is 11.8 Å². The number of nitrogens with one attached hydrogen (secondary N) is 1. The van der Waals surface area contributed by atoms with Crippen molar-refractivity contribution in [2.75, 3.05) is 14.2 Å². The van der Waals surface area contributed by atoms with Gasteiger partial charge in [0.2, 0.25) is 5.16 Å². The topological polar surface area (TPSA) is 114 Å². The van der Waals surface area contributed by atoms with E-state index >= 15 is 0 Å². The SMILES string of the molecule is COC(=O)c1ccc(/C=C(\Sc2n[nH]c(-c3cc(Cl)ccc3OC)n2)C(=O)O)cc1. The number of carbonyl (C=O) groups excluding carboxylic acids is 1. The van der Waals surface area contributed by atoms with Crippen molar-refractivity contribution in [3.8, 4) is 17.1 Å². The van der Waals surface area contributed by atoms with Crippen LogP contribution in [0, 0.1) is 0 Å². The van der Waals surface area contributed by atoms with Crippen LogP contribution < -0.4 is 4.74 Å². The zero-order chi connectivity index (χ0) is 21.7. The molecular formula is C20H16ClN3O5S. The number of carbonyl (C=O) groups is 2. The first-order valence-corrected chi connectivity index (χ1v) is 9.68. The number of aliphatic carboxylic acids is 1. The number of aromatic nitrogens is 3. The number of carboxylic acid groups (broad SMARTS) is 1. The average molecular weight is 446 g/mol. The second-order valence-electron chi connectivity index (χ2n) is 5.84. The number of methoxy groups -OCH3 is 2. The fraction of sp³-hybridized carbons (Fsp3) is 0.100. The molecule has 0 fully saturated rings. The Bertz CT molecular complexity index is 1110. The highest BCUT2D eigenvalue weighted by molar-refractivity contribution is 8.04. The number of halogens is 1. The van der Waals surface area contributed by atoms with Gasteiger partial charge in [0, 0.05) is 5.02 Å². The Balaban J connectivity index is 1.85. The number of aromatic amines is 1. The maximum absolute atomic E-state index is 11.7. The van der Waals surface area contributed by atoms with Crippen LogP contribution in [0.4, 0.5) is 0 Å². The molecule has 0 spiro atoms. The Morgan fingerprint density at radius 2 is 1.90 bits per heavy atom. The lowest BCUT2D eigenvalue weighted by atomic mass is 10.1. The maximum Gasteiger partial charge on any atom is 0.342 e. The van der Waals surface area contributed by atoms with Gasteiger partial charge in [-0.2, -0.15) is 0 Å². The molecule has 0 aliphatic carbocycles. The van der Waals surface area contributed by atoms with E-state index in [0.29, 0.717) is 33.3 Å². The van der Waals surface area contributed by atoms with Gasteiger partial charge < -0.3 is 14.6 Å². The minimum atomic E-state index is -1.14. The Labute approximate surface area is 180 Å². The molecular weight excluding hydrogens is 430 g/mol. The van der Waals surface area contributed by atoms with Crippen LogP contribution in [0.1, 0.15) is 15.9 Å². The summed E-state index contributed by atoms with van der Waals surface area (Å²) in [7, 11) is 2.81. The summed E-state index contributed by atoms with van der Waals surface area (Å²) in [6.07, 6.45) is 1.46. The van der Waals surface area contributed by atoms with Gasteiger partial charge in [-0.15, -0.1) is 5.10 Å². The predicted octanol–water partition coefficient (Wildman–Crippen LogP) is 4.14. The first-order chi connectivity index (χ1) is 14.4. The van der Waals surface area contributed by atoms with E-state index in [1.54, 1.807) is 42.5 Å². The average Bonchev–Trinajstić information content (AvgIpc) is 3.21. The summed E-state index contributed by atoms with van der Waals surface area (Å²) in [6, 6.07) is 11.4. The zero-order valence-electron chi connectivity index (χ0n) is 15.9. The van der Waals surface area contributed by atoms with E-state index in [2.05, 4.69) is 19.9 Å². The zero-order valence-corrected chi connectivity index (χ0v) is 17.5. The third-order valence-corrected chi connectivity index (χ3v) is 5.04. The highest BCUT2D eigenvalue weighted by Crippen LogP contribution is 2.32. The molecule has 2 N–H and O–H groups in total. The monoisotopic (exact) mass is 445 g/mol. The molecule has 0 unspecified atom stereocenters. The number of rotatable bonds is 7. The molecule has 0 bridgehead atoms. The molecule has 154 valence electrons. The maximum atomic E-state index is 11.7. The molecule has 1 heterocycles. The quantitative estimate of drug-likeness (QED) is 0.317. The van der Waals surface area contributed by atoms with Crippen LogP contribution in [0.5, 0.6) is 5.75 Å². The predicted molar refractivity (Wildman–Crippen MR) is 113 cm³/mol. The van der Waals surface area contributed by atoms with E-state index in [9.17, 15) is 14.7 Å². The van der Waals surface area contributed by atoms with E-state index in [-0.39, 0.29) is 10.1 Å². The standard InChI is InChI=1S/C20H16ClN3O5S/c1-28-15-8-7-13(21)10-14(15)17-22-20(24-23-17)30-16(18(25)26)9-11-3-5-12(6-4-11)19(27)29-2/h3-10H,1-2H3,(H,25,26)(H,22,23,24)/b16-9-. The summed E-state index contributed by atoms with van der Waals surface area (Å²) in [5, 5.41) is 17.1. The summed E-state index contributed by atoms with van der Waals surface area (Å²) in [5.41, 5.74) is 1.57. The first kappa shape index (κ1) is 21.4. The molecule has 0 radical (unpaired) electrons. The summed E-state index contributed by atoms with van der Waals surface area (Å²) < 4.78 is 9.95. The van der Waals surface area contributed by atoms with Crippen LogP contribution in [-0.4, -0.2) is 46.4 Å². The first-order valence-electron chi connectivity index (χ1n) is 8.49. The fourth-order valence-corrected chi connectivity index (χ4v) is 3.37. The van der Waals surface area contributed by atoms with Crippen LogP contribution in [0.15, 0.2) is 52.5 Å². The fourth-order valence-electron chi connectivity index (χ4n) is 2.50. The molecule has 0 aliphatic heterocycles. The molecule has 1 aromatic heterocycles. The van der Waals surface area contributed by atoms with Gasteiger partial charge in [0.05, 0.1) is 25.3 Å². The number of hydrogen-bond donors (Lipinski definition) is 2. The number of nitrogens with zero attached hydrogens (tertiary/aromatic N) is 2. The Kier molecular flexibility index (Phi) is 6.76. The number of benzene rings is 2. The van der Waals surface area contributed by atoms with Crippen LogP contribution >= 0.6 is 23.4 Å². The van der Waals surface area contributed by atoms with Gasteiger partial charge >= 0.3 is 11.9 Å².